The average Bonchev–Trinajstić information content (AvgIpc) is 2.81. The molecule has 0 aromatic heterocycles. The Labute approximate surface area is 100 Å². The summed E-state index contributed by atoms with van der Waals surface area (Å²) in [6.45, 7) is 1.62. The Morgan fingerprint density at radius 3 is 3.35 bits per heavy atom. The second-order valence-electron chi connectivity index (χ2n) is 4.99. The fourth-order valence-electron chi connectivity index (χ4n) is 3.18. The van der Waals surface area contributed by atoms with Crippen molar-refractivity contribution in [2.75, 3.05) is 20.2 Å². The molecule has 2 heterocycles. The van der Waals surface area contributed by atoms with Gasteiger partial charge in [0.1, 0.15) is 5.41 Å². The van der Waals surface area contributed by atoms with E-state index in [0.29, 0.717) is 12.5 Å². The van der Waals surface area contributed by atoms with E-state index in [9.17, 15) is 4.79 Å². The van der Waals surface area contributed by atoms with Crippen molar-refractivity contribution in [3.05, 3.63) is 11.6 Å². The zero-order valence-electron chi connectivity index (χ0n) is 9.90. The number of carbonyl (C=O) groups excluding carboxylic acids is 1. The molecule has 0 spiro atoms. The summed E-state index contributed by atoms with van der Waals surface area (Å²) in [4.78, 5) is 12.1. The standard InChI is InChI=1S/C12H17N3O2/c1-17-11(16)12-5-8-6-14-15-10(8)4-9(12)2-3-13-7-12/h4,6,8,10,13,15H,2-3,5,7H2,1H3. The number of ether oxygens (including phenoxy) is 1. The van der Waals surface area contributed by atoms with Crippen molar-refractivity contribution in [1.82, 2.24) is 10.7 Å². The lowest BCUT2D eigenvalue weighted by Crippen LogP contribution is -2.52. The first-order chi connectivity index (χ1) is 8.26. The first-order valence-electron chi connectivity index (χ1n) is 6.05. The van der Waals surface area contributed by atoms with Gasteiger partial charge in [0.15, 0.2) is 0 Å². The number of hydrazone groups is 1. The number of esters is 1. The van der Waals surface area contributed by atoms with E-state index in [1.165, 1.54) is 12.7 Å². The van der Waals surface area contributed by atoms with Gasteiger partial charge in [0.05, 0.1) is 13.2 Å². The quantitative estimate of drug-likeness (QED) is 0.498. The van der Waals surface area contributed by atoms with Crippen LogP contribution in [0, 0.1) is 11.3 Å². The molecule has 92 valence electrons. The summed E-state index contributed by atoms with van der Waals surface area (Å²) in [7, 11) is 1.47. The number of hydrogen-bond acceptors (Lipinski definition) is 5. The lowest BCUT2D eigenvalue weighted by Gasteiger charge is -2.43. The highest BCUT2D eigenvalue weighted by atomic mass is 16.5. The van der Waals surface area contributed by atoms with E-state index in [1.807, 2.05) is 6.21 Å². The Bertz CT molecular complexity index is 405. The van der Waals surface area contributed by atoms with Gasteiger partial charge in [-0.15, -0.1) is 0 Å². The van der Waals surface area contributed by atoms with Crippen molar-refractivity contribution < 1.29 is 9.53 Å². The van der Waals surface area contributed by atoms with E-state index in [4.69, 9.17) is 4.74 Å². The monoisotopic (exact) mass is 235 g/mol. The molecule has 5 heteroatoms. The van der Waals surface area contributed by atoms with Crippen molar-refractivity contribution in [1.29, 1.82) is 0 Å². The molecule has 0 amide bonds. The van der Waals surface area contributed by atoms with E-state index in [0.717, 1.165) is 19.4 Å². The van der Waals surface area contributed by atoms with Crippen molar-refractivity contribution in [2.24, 2.45) is 16.4 Å². The fourth-order valence-corrected chi connectivity index (χ4v) is 3.18. The molecular weight excluding hydrogens is 218 g/mol. The first-order valence-corrected chi connectivity index (χ1v) is 6.05. The maximum Gasteiger partial charge on any atom is 0.317 e. The van der Waals surface area contributed by atoms with E-state index in [2.05, 4.69) is 21.9 Å². The largest absolute Gasteiger partial charge is 0.468 e. The van der Waals surface area contributed by atoms with Crippen LogP contribution < -0.4 is 10.7 Å². The first kappa shape index (κ1) is 10.8. The summed E-state index contributed by atoms with van der Waals surface area (Å²) in [6.07, 6.45) is 5.80. The number of fused-ring (bicyclic) bond motifs is 2. The minimum absolute atomic E-state index is 0.116. The van der Waals surface area contributed by atoms with Crippen LogP contribution in [0.15, 0.2) is 16.8 Å². The Morgan fingerprint density at radius 1 is 1.65 bits per heavy atom. The Hall–Kier alpha value is -1.36. The summed E-state index contributed by atoms with van der Waals surface area (Å²) >= 11 is 0. The normalized spacial score (nSPS) is 38.8. The predicted octanol–water partition coefficient (Wildman–Crippen LogP) is 0.0430. The van der Waals surface area contributed by atoms with Crippen LogP contribution in [-0.2, 0) is 9.53 Å². The van der Waals surface area contributed by atoms with Crippen LogP contribution in [-0.4, -0.2) is 38.4 Å². The number of nitrogens with zero attached hydrogens (tertiary/aromatic N) is 1. The SMILES string of the molecule is COC(=O)C12CNCCC1=CC1NN=CC1C2. The van der Waals surface area contributed by atoms with Crippen LogP contribution in [0.3, 0.4) is 0 Å². The average molecular weight is 235 g/mol. The predicted molar refractivity (Wildman–Crippen MR) is 63.5 cm³/mol. The van der Waals surface area contributed by atoms with Crippen LogP contribution in [0.1, 0.15) is 12.8 Å². The molecule has 2 N–H and O–H groups in total. The molecule has 1 aliphatic carbocycles. The van der Waals surface area contributed by atoms with Gasteiger partial charge in [-0.3, -0.25) is 4.79 Å². The van der Waals surface area contributed by atoms with Gasteiger partial charge in [0.25, 0.3) is 0 Å². The molecule has 0 aromatic rings. The molecule has 1 saturated heterocycles. The highest BCUT2D eigenvalue weighted by molar-refractivity contribution is 5.83. The topological polar surface area (TPSA) is 62.7 Å². The van der Waals surface area contributed by atoms with Gasteiger partial charge in [0.2, 0.25) is 0 Å². The third kappa shape index (κ3) is 1.49. The number of carbonyl (C=O) groups is 1. The minimum atomic E-state index is -0.466. The van der Waals surface area contributed by atoms with Crippen molar-refractivity contribution in [3.63, 3.8) is 0 Å². The molecule has 0 bridgehead atoms. The van der Waals surface area contributed by atoms with E-state index >= 15 is 0 Å². The fraction of sp³-hybridized carbons (Fsp3) is 0.667. The smallest absolute Gasteiger partial charge is 0.317 e. The van der Waals surface area contributed by atoms with E-state index in [-0.39, 0.29) is 12.0 Å². The number of piperidine rings is 1. The zero-order valence-corrected chi connectivity index (χ0v) is 9.90. The van der Waals surface area contributed by atoms with Crippen LogP contribution in [0.2, 0.25) is 0 Å². The summed E-state index contributed by atoms with van der Waals surface area (Å²) in [6, 6.07) is 0.265. The molecule has 3 aliphatic rings. The molecule has 0 aromatic carbocycles. The lowest BCUT2D eigenvalue weighted by molar-refractivity contribution is -0.152. The molecular formula is C12H17N3O2. The second kappa shape index (κ2) is 3.84. The molecule has 0 radical (unpaired) electrons. The molecule has 3 unspecified atom stereocenters. The van der Waals surface area contributed by atoms with Gasteiger partial charge < -0.3 is 15.5 Å². The number of rotatable bonds is 1. The van der Waals surface area contributed by atoms with Gasteiger partial charge >= 0.3 is 5.97 Å². The van der Waals surface area contributed by atoms with E-state index < -0.39 is 5.41 Å². The highest BCUT2D eigenvalue weighted by Crippen LogP contribution is 2.44. The van der Waals surface area contributed by atoms with Gasteiger partial charge in [-0.2, -0.15) is 5.10 Å². The lowest BCUT2D eigenvalue weighted by atomic mass is 9.65. The summed E-state index contributed by atoms with van der Waals surface area (Å²) in [5, 5.41) is 7.42. The van der Waals surface area contributed by atoms with Crippen LogP contribution in [0.25, 0.3) is 0 Å². The molecule has 3 rings (SSSR count). The number of nitrogens with one attached hydrogen (secondary N) is 2. The zero-order chi connectivity index (χ0) is 11.9. The van der Waals surface area contributed by atoms with Crippen LogP contribution >= 0.6 is 0 Å². The van der Waals surface area contributed by atoms with Crippen molar-refractivity contribution in [2.45, 2.75) is 18.9 Å². The van der Waals surface area contributed by atoms with Gasteiger partial charge in [-0.25, -0.2) is 0 Å². The molecule has 3 atom stereocenters. The maximum atomic E-state index is 12.1. The second-order valence-corrected chi connectivity index (χ2v) is 4.99. The Morgan fingerprint density at radius 2 is 2.53 bits per heavy atom. The summed E-state index contributed by atoms with van der Waals surface area (Å²) < 4.78 is 5.01. The molecule has 0 saturated carbocycles. The van der Waals surface area contributed by atoms with Crippen molar-refractivity contribution in [3.8, 4) is 0 Å². The third-order valence-corrected chi connectivity index (χ3v) is 4.10. The number of hydrogen-bond donors (Lipinski definition) is 2. The minimum Gasteiger partial charge on any atom is -0.468 e. The third-order valence-electron chi connectivity index (χ3n) is 4.10. The molecule has 1 fully saturated rings. The Kier molecular flexibility index (Phi) is 2.43. The van der Waals surface area contributed by atoms with Gasteiger partial charge in [-0.05, 0) is 19.4 Å². The van der Waals surface area contributed by atoms with Gasteiger partial charge in [-0.1, -0.05) is 11.6 Å². The van der Waals surface area contributed by atoms with Crippen LogP contribution in [0.5, 0.6) is 0 Å². The Balaban J connectivity index is 2.00. The van der Waals surface area contributed by atoms with E-state index in [1.54, 1.807) is 0 Å². The molecule has 17 heavy (non-hydrogen) atoms. The summed E-state index contributed by atoms with van der Waals surface area (Å²) in [5.74, 6) is 0.187. The summed E-state index contributed by atoms with van der Waals surface area (Å²) in [5.41, 5.74) is 3.83. The van der Waals surface area contributed by atoms with Crippen molar-refractivity contribution >= 4 is 12.2 Å². The highest BCUT2D eigenvalue weighted by Gasteiger charge is 2.50. The number of methoxy groups -OCH3 is 1. The molecule has 2 aliphatic heterocycles. The molecule has 5 nitrogen and oxygen atoms in total. The van der Waals surface area contributed by atoms with Crippen LogP contribution in [0.4, 0.5) is 0 Å². The van der Waals surface area contributed by atoms with Gasteiger partial charge in [0, 0.05) is 18.7 Å². The maximum absolute atomic E-state index is 12.1.